The number of carbonyl (C=O) groups is 1. The van der Waals surface area contributed by atoms with Gasteiger partial charge in [0.1, 0.15) is 10.0 Å². The predicted molar refractivity (Wildman–Crippen MR) is 111 cm³/mol. The highest BCUT2D eigenvalue weighted by Crippen LogP contribution is 2.35. The number of rotatable bonds is 3. The Labute approximate surface area is 162 Å². The Balaban J connectivity index is 1.58. The second-order valence-electron chi connectivity index (χ2n) is 6.07. The largest absolute Gasteiger partial charge is 0.478 e. The van der Waals surface area contributed by atoms with Crippen LogP contribution in [0.4, 0.5) is 0 Å². The molecule has 2 heterocycles. The normalized spacial score (nSPS) is 11.3. The maximum Gasteiger partial charge on any atom is 0.335 e. The van der Waals surface area contributed by atoms with Crippen LogP contribution in [0.1, 0.15) is 10.4 Å². The maximum absolute atomic E-state index is 11.2. The van der Waals surface area contributed by atoms with Crippen molar-refractivity contribution >= 4 is 49.1 Å². The zero-order valence-corrected chi connectivity index (χ0v) is 15.6. The van der Waals surface area contributed by atoms with Crippen LogP contribution in [-0.4, -0.2) is 21.0 Å². The van der Waals surface area contributed by atoms with Gasteiger partial charge in [0.2, 0.25) is 0 Å². The van der Waals surface area contributed by atoms with Crippen LogP contribution in [0.25, 0.3) is 41.6 Å². The Bertz CT molecular complexity index is 1290. The van der Waals surface area contributed by atoms with Crippen molar-refractivity contribution in [2.24, 2.45) is 0 Å². The van der Waals surface area contributed by atoms with E-state index in [1.54, 1.807) is 29.5 Å². The zero-order valence-electron chi connectivity index (χ0n) is 13.9. The molecule has 5 rings (SSSR count). The molecule has 1 N–H and O–H groups in total. The van der Waals surface area contributed by atoms with Crippen LogP contribution >= 0.6 is 22.7 Å². The molecule has 0 amide bonds. The molecule has 4 nitrogen and oxygen atoms in total. The monoisotopic (exact) mass is 388 g/mol. The molecule has 2 aromatic heterocycles. The lowest BCUT2D eigenvalue weighted by atomic mass is 10.1. The summed E-state index contributed by atoms with van der Waals surface area (Å²) < 4.78 is 2.04. The van der Waals surface area contributed by atoms with Gasteiger partial charge in [0.15, 0.2) is 0 Å². The van der Waals surface area contributed by atoms with Gasteiger partial charge in [-0.3, -0.25) is 0 Å². The molecule has 130 valence electrons. The second-order valence-corrected chi connectivity index (χ2v) is 8.14. The van der Waals surface area contributed by atoms with Crippen LogP contribution in [0.5, 0.6) is 0 Å². The first-order valence-electron chi connectivity index (χ1n) is 8.28. The van der Waals surface area contributed by atoms with Gasteiger partial charge in [0.05, 0.1) is 26.0 Å². The minimum absolute atomic E-state index is 0.279. The number of hydrogen-bond donors (Lipinski definition) is 1. The topological polar surface area (TPSA) is 63.1 Å². The summed E-state index contributed by atoms with van der Waals surface area (Å²) in [6.45, 7) is 0. The van der Waals surface area contributed by atoms with E-state index in [0.29, 0.717) is 0 Å². The molecule has 0 fully saturated rings. The predicted octanol–water partition coefficient (Wildman–Crippen LogP) is 5.94. The van der Waals surface area contributed by atoms with E-state index in [4.69, 9.17) is 10.1 Å². The van der Waals surface area contributed by atoms with Crippen LogP contribution in [0.15, 0.2) is 66.7 Å². The summed E-state index contributed by atoms with van der Waals surface area (Å²) >= 11 is 3.17. The van der Waals surface area contributed by atoms with Crippen molar-refractivity contribution in [3.8, 4) is 21.1 Å². The molecular formula is C21H12N2O2S2. The standard InChI is InChI=1S/C21H12N2O2S2/c24-21(25)14-8-9-16-18(11-14)27-20(23-16)13-5-3-4-12(10-13)19-22-15-6-1-2-7-17(15)26-19/h1-11H,(H,24,25). The molecule has 0 atom stereocenters. The van der Waals surface area contributed by atoms with Crippen LogP contribution in [0.3, 0.4) is 0 Å². The summed E-state index contributed by atoms with van der Waals surface area (Å²) in [5.41, 5.74) is 4.15. The molecule has 0 saturated heterocycles. The van der Waals surface area contributed by atoms with Crippen LogP contribution in [0.2, 0.25) is 0 Å². The van der Waals surface area contributed by atoms with Gasteiger partial charge in [-0.05, 0) is 36.4 Å². The number of para-hydroxylation sites is 1. The Morgan fingerprint density at radius 1 is 0.741 bits per heavy atom. The highest BCUT2D eigenvalue weighted by atomic mass is 32.1. The number of aromatic carboxylic acids is 1. The van der Waals surface area contributed by atoms with Gasteiger partial charge >= 0.3 is 5.97 Å². The molecule has 0 radical (unpaired) electrons. The van der Waals surface area contributed by atoms with E-state index in [9.17, 15) is 4.79 Å². The highest BCUT2D eigenvalue weighted by molar-refractivity contribution is 7.22. The van der Waals surface area contributed by atoms with Crippen molar-refractivity contribution in [1.82, 2.24) is 9.97 Å². The number of thiazole rings is 2. The average molecular weight is 388 g/mol. The number of carboxylic acids is 1. The SMILES string of the molecule is O=C(O)c1ccc2nc(-c3cccc(-c4nc5ccccc5s4)c3)sc2c1. The molecule has 3 aromatic carbocycles. The maximum atomic E-state index is 11.2. The van der Waals surface area contributed by atoms with E-state index in [1.807, 2.05) is 30.3 Å². The van der Waals surface area contributed by atoms with Crippen molar-refractivity contribution in [2.75, 3.05) is 0 Å². The molecule has 0 spiro atoms. The molecule has 0 bridgehead atoms. The van der Waals surface area contributed by atoms with Crippen molar-refractivity contribution in [3.63, 3.8) is 0 Å². The van der Waals surface area contributed by atoms with Crippen LogP contribution < -0.4 is 0 Å². The third-order valence-corrected chi connectivity index (χ3v) is 6.44. The number of carboxylic acid groups (broad SMARTS) is 1. The lowest BCUT2D eigenvalue weighted by Gasteiger charge is -1.99. The van der Waals surface area contributed by atoms with Gasteiger partial charge in [-0.1, -0.05) is 30.3 Å². The van der Waals surface area contributed by atoms with E-state index in [0.717, 1.165) is 36.9 Å². The molecule has 0 saturated carbocycles. The molecule has 0 aliphatic rings. The minimum Gasteiger partial charge on any atom is -0.478 e. The van der Waals surface area contributed by atoms with Gasteiger partial charge in [-0.25, -0.2) is 14.8 Å². The average Bonchev–Trinajstić information content (AvgIpc) is 3.31. The number of hydrogen-bond acceptors (Lipinski definition) is 5. The number of fused-ring (bicyclic) bond motifs is 2. The molecule has 5 aromatic rings. The molecular weight excluding hydrogens is 376 g/mol. The lowest BCUT2D eigenvalue weighted by Crippen LogP contribution is -1.94. The van der Waals surface area contributed by atoms with E-state index < -0.39 is 5.97 Å². The fourth-order valence-corrected chi connectivity index (χ4v) is 4.93. The third-order valence-electron chi connectivity index (χ3n) is 4.29. The lowest BCUT2D eigenvalue weighted by molar-refractivity contribution is 0.0697. The van der Waals surface area contributed by atoms with Crippen molar-refractivity contribution in [2.45, 2.75) is 0 Å². The first-order chi connectivity index (χ1) is 13.2. The van der Waals surface area contributed by atoms with Crippen molar-refractivity contribution < 1.29 is 9.90 Å². The van der Waals surface area contributed by atoms with Crippen LogP contribution in [-0.2, 0) is 0 Å². The zero-order chi connectivity index (χ0) is 18.4. The molecule has 0 aliphatic heterocycles. The first-order valence-corrected chi connectivity index (χ1v) is 9.91. The minimum atomic E-state index is -0.926. The van der Waals surface area contributed by atoms with Gasteiger partial charge in [-0.15, -0.1) is 22.7 Å². The molecule has 0 unspecified atom stereocenters. The van der Waals surface area contributed by atoms with E-state index in [1.165, 1.54) is 16.0 Å². The Kier molecular flexibility index (Phi) is 3.74. The van der Waals surface area contributed by atoms with Crippen molar-refractivity contribution in [3.05, 3.63) is 72.3 Å². The van der Waals surface area contributed by atoms with Gasteiger partial charge in [0, 0.05) is 11.1 Å². The first kappa shape index (κ1) is 16.1. The van der Waals surface area contributed by atoms with Crippen molar-refractivity contribution in [1.29, 1.82) is 0 Å². The fraction of sp³-hybridized carbons (Fsp3) is 0. The van der Waals surface area contributed by atoms with Gasteiger partial charge in [-0.2, -0.15) is 0 Å². The summed E-state index contributed by atoms with van der Waals surface area (Å²) in [5, 5.41) is 11.0. The van der Waals surface area contributed by atoms with E-state index in [2.05, 4.69) is 23.2 Å². The Morgan fingerprint density at radius 3 is 2.11 bits per heavy atom. The Morgan fingerprint density at radius 2 is 1.41 bits per heavy atom. The van der Waals surface area contributed by atoms with Crippen LogP contribution in [0, 0.1) is 0 Å². The number of aromatic nitrogens is 2. The molecule has 0 aliphatic carbocycles. The van der Waals surface area contributed by atoms with E-state index >= 15 is 0 Å². The summed E-state index contributed by atoms with van der Waals surface area (Å²) in [7, 11) is 0. The fourth-order valence-electron chi connectivity index (χ4n) is 2.96. The molecule has 6 heteroatoms. The van der Waals surface area contributed by atoms with E-state index in [-0.39, 0.29) is 5.56 Å². The smallest absolute Gasteiger partial charge is 0.335 e. The summed E-state index contributed by atoms with van der Waals surface area (Å²) in [4.78, 5) is 20.6. The quantitative estimate of drug-likeness (QED) is 0.415. The van der Waals surface area contributed by atoms with Gasteiger partial charge in [0.25, 0.3) is 0 Å². The van der Waals surface area contributed by atoms with Gasteiger partial charge < -0.3 is 5.11 Å². The summed E-state index contributed by atoms with van der Waals surface area (Å²) in [6.07, 6.45) is 0. The molecule has 27 heavy (non-hydrogen) atoms. The summed E-state index contributed by atoms with van der Waals surface area (Å²) in [6, 6.07) is 21.3. The highest BCUT2D eigenvalue weighted by Gasteiger charge is 2.12. The Hall–Kier alpha value is -3.09. The second kappa shape index (κ2) is 6.26. The third kappa shape index (κ3) is 2.89. The summed E-state index contributed by atoms with van der Waals surface area (Å²) in [5.74, 6) is -0.926. The number of nitrogens with zero attached hydrogens (tertiary/aromatic N) is 2. The number of benzene rings is 3.